The van der Waals surface area contributed by atoms with Crippen LogP contribution in [0.5, 0.6) is 11.5 Å². The molecule has 1 atom stereocenters. The number of amides is 1. The van der Waals surface area contributed by atoms with Gasteiger partial charge in [-0.15, -0.1) is 0 Å². The van der Waals surface area contributed by atoms with Gasteiger partial charge >= 0.3 is 0 Å². The minimum atomic E-state index is -0.387. The molecule has 1 amide bonds. The molecule has 1 aliphatic rings. The second-order valence-corrected chi connectivity index (χ2v) is 10.0. The lowest BCUT2D eigenvalue weighted by Crippen LogP contribution is -2.22. The predicted molar refractivity (Wildman–Crippen MR) is 162 cm³/mol. The van der Waals surface area contributed by atoms with Crippen LogP contribution in [0.2, 0.25) is 5.02 Å². The van der Waals surface area contributed by atoms with Gasteiger partial charge in [0.05, 0.1) is 40.7 Å². The molecular formula is C31H28ClFN6O4. The van der Waals surface area contributed by atoms with Crippen molar-refractivity contribution in [3.05, 3.63) is 94.9 Å². The van der Waals surface area contributed by atoms with Crippen LogP contribution in [-0.2, 0) is 16.1 Å². The van der Waals surface area contributed by atoms with Crippen LogP contribution in [0.15, 0.2) is 72.9 Å². The number of carbonyl (C=O) groups excluding carboxylic acids is 1. The lowest BCUT2D eigenvalue weighted by atomic mass is 10.1. The third-order valence-electron chi connectivity index (χ3n) is 6.52. The van der Waals surface area contributed by atoms with Gasteiger partial charge in [-0.05, 0) is 42.0 Å². The fourth-order valence-electron chi connectivity index (χ4n) is 4.46. The highest BCUT2D eigenvalue weighted by atomic mass is 35.5. The second-order valence-electron chi connectivity index (χ2n) is 9.62. The fraction of sp³-hybridized carbons (Fsp3) is 0.194. The Morgan fingerprint density at radius 3 is 2.86 bits per heavy atom. The van der Waals surface area contributed by atoms with Crippen LogP contribution in [0.3, 0.4) is 0 Å². The van der Waals surface area contributed by atoms with Crippen LogP contribution >= 0.6 is 11.6 Å². The number of nitriles is 1. The third-order valence-corrected chi connectivity index (χ3v) is 6.81. The van der Waals surface area contributed by atoms with Gasteiger partial charge in [0.2, 0.25) is 5.91 Å². The van der Waals surface area contributed by atoms with Gasteiger partial charge < -0.3 is 24.8 Å². The van der Waals surface area contributed by atoms with Gasteiger partial charge in [-0.25, -0.2) is 4.39 Å². The molecule has 1 aromatic heterocycles. The smallest absolute Gasteiger partial charge is 0.248 e. The van der Waals surface area contributed by atoms with E-state index < -0.39 is 0 Å². The molecule has 220 valence electrons. The van der Waals surface area contributed by atoms with E-state index in [0.29, 0.717) is 76.2 Å². The minimum absolute atomic E-state index is 0.141. The summed E-state index contributed by atoms with van der Waals surface area (Å²) >= 11 is 6.51. The molecule has 5 rings (SSSR count). The van der Waals surface area contributed by atoms with Gasteiger partial charge in [0.1, 0.15) is 36.1 Å². The summed E-state index contributed by atoms with van der Waals surface area (Å²) in [7, 11) is 0. The molecule has 0 radical (unpaired) electrons. The van der Waals surface area contributed by atoms with Gasteiger partial charge in [-0.3, -0.25) is 21.0 Å². The quantitative estimate of drug-likeness (QED) is 0.101. The van der Waals surface area contributed by atoms with Gasteiger partial charge in [0.25, 0.3) is 0 Å². The first-order valence-electron chi connectivity index (χ1n) is 13.4. The van der Waals surface area contributed by atoms with E-state index in [0.717, 1.165) is 0 Å². The Bertz CT molecular complexity index is 1700. The highest BCUT2D eigenvalue weighted by Gasteiger charge is 2.21. The molecule has 0 saturated carbocycles. The number of fused-ring (bicyclic) bond motifs is 1. The Balaban J connectivity index is 1.45. The summed E-state index contributed by atoms with van der Waals surface area (Å²) in [5, 5.41) is 16.9. The molecule has 1 aliphatic heterocycles. The van der Waals surface area contributed by atoms with Crippen molar-refractivity contribution in [2.75, 3.05) is 30.4 Å². The zero-order valence-electron chi connectivity index (χ0n) is 22.9. The second kappa shape index (κ2) is 14.0. The molecule has 0 spiro atoms. The standard InChI is InChI=1S/C31H28ClFN6O4/c32-25-12-22(6-7-28(25)42-17-19-3-1-4-21(33)11-19)38-31-20(15-34)16-36-26-14-29(43-23-8-10-41-18-23)27(13-24(26)31)39-30(40)5-2-9-37-35/h1-7,11-14,16,23,37H,8-10,17-18,35H2,(H,36,38)(H,39,40)/b5-2-. The Hall–Kier alpha value is -4.73. The van der Waals surface area contributed by atoms with Crippen molar-refractivity contribution < 1.29 is 23.4 Å². The number of benzene rings is 3. The van der Waals surface area contributed by atoms with Gasteiger partial charge in [0.15, 0.2) is 0 Å². The number of ether oxygens (including phenoxy) is 3. The molecule has 0 bridgehead atoms. The number of rotatable bonds is 11. The van der Waals surface area contributed by atoms with Crippen molar-refractivity contribution in [1.82, 2.24) is 10.4 Å². The van der Waals surface area contributed by atoms with Crippen LogP contribution < -0.4 is 31.4 Å². The van der Waals surface area contributed by atoms with Crippen molar-refractivity contribution in [1.29, 1.82) is 5.26 Å². The number of hydrogen-bond donors (Lipinski definition) is 4. The van der Waals surface area contributed by atoms with Gasteiger partial charge in [-0.1, -0.05) is 29.8 Å². The Morgan fingerprint density at radius 2 is 2.12 bits per heavy atom. The lowest BCUT2D eigenvalue weighted by molar-refractivity contribution is -0.111. The van der Waals surface area contributed by atoms with Crippen LogP contribution in [0.25, 0.3) is 10.9 Å². The first-order chi connectivity index (χ1) is 20.9. The van der Waals surface area contributed by atoms with E-state index in [4.69, 9.17) is 31.7 Å². The topological polar surface area (TPSA) is 144 Å². The normalized spacial score (nSPS) is 14.5. The van der Waals surface area contributed by atoms with Gasteiger partial charge in [0, 0.05) is 42.4 Å². The summed E-state index contributed by atoms with van der Waals surface area (Å²) in [5.74, 6) is 5.38. The summed E-state index contributed by atoms with van der Waals surface area (Å²) in [6.07, 6.45) is 4.94. The molecule has 10 nitrogen and oxygen atoms in total. The zero-order chi connectivity index (χ0) is 30.2. The number of aromatic nitrogens is 1. The van der Waals surface area contributed by atoms with E-state index in [1.807, 2.05) is 0 Å². The molecule has 0 aliphatic carbocycles. The van der Waals surface area contributed by atoms with E-state index in [-0.39, 0.29) is 30.0 Å². The molecule has 1 saturated heterocycles. The number of nitrogens with zero attached hydrogens (tertiary/aromatic N) is 2. The summed E-state index contributed by atoms with van der Waals surface area (Å²) in [5.41, 5.74) is 5.38. The molecule has 2 heterocycles. The Morgan fingerprint density at radius 1 is 1.23 bits per heavy atom. The molecule has 43 heavy (non-hydrogen) atoms. The lowest BCUT2D eigenvalue weighted by Gasteiger charge is -2.18. The predicted octanol–water partition coefficient (Wildman–Crippen LogP) is 5.35. The Labute approximate surface area is 252 Å². The van der Waals surface area contributed by atoms with E-state index in [9.17, 15) is 14.4 Å². The van der Waals surface area contributed by atoms with Gasteiger partial charge in [-0.2, -0.15) is 5.26 Å². The van der Waals surface area contributed by atoms with Crippen molar-refractivity contribution in [2.45, 2.75) is 19.1 Å². The average molecular weight is 603 g/mol. The highest BCUT2D eigenvalue weighted by Crippen LogP contribution is 2.38. The van der Waals surface area contributed by atoms with Crippen LogP contribution in [-0.4, -0.2) is 36.8 Å². The zero-order valence-corrected chi connectivity index (χ0v) is 23.7. The number of hydrazine groups is 1. The maximum atomic E-state index is 13.5. The average Bonchev–Trinajstić information content (AvgIpc) is 3.51. The van der Waals surface area contributed by atoms with Crippen LogP contribution in [0.1, 0.15) is 17.5 Å². The third kappa shape index (κ3) is 7.57. The monoisotopic (exact) mass is 602 g/mol. The molecular weight excluding hydrogens is 575 g/mol. The number of carbonyl (C=O) groups is 1. The van der Waals surface area contributed by atoms with E-state index in [1.54, 1.807) is 48.5 Å². The van der Waals surface area contributed by atoms with Crippen molar-refractivity contribution in [2.24, 2.45) is 5.84 Å². The number of nitrogens with two attached hydrogens (primary N) is 1. The number of nitrogens with one attached hydrogen (secondary N) is 3. The molecule has 1 fully saturated rings. The van der Waals surface area contributed by atoms with E-state index >= 15 is 0 Å². The molecule has 3 aromatic carbocycles. The number of halogens is 2. The fourth-order valence-corrected chi connectivity index (χ4v) is 4.69. The largest absolute Gasteiger partial charge is 0.487 e. The SMILES string of the molecule is N#Cc1cnc2cc(OC3CCOC3)c(NC(=O)/C=C\CNN)cc2c1Nc1ccc(OCc2cccc(F)c2)c(Cl)c1. The molecule has 1 unspecified atom stereocenters. The summed E-state index contributed by atoms with van der Waals surface area (Å²) in [6.45, 7) is 1.48. The first kappa shape index (κ1) is 29.8. The van der Waals surface area contributed by atoms with Crippen molar-refractivity contribution in [3.63, 3.8) is 0 Å². The molecule has 4 aromatic rings. The van der Waals surface area contributed by atoms with Crippen molar-refractivity contribution in [3.8, 4) is 17.6 Å². The molecule has 5 N–H and O–H groups in total. The Kier molecular flexibility index (Phi) is 9.66. The molecule has 12 heteroatoms. The summed E-state index contributed by atoms with van der Waals surface area (Å²) in [4.78, 5) is 17.1. The summed E-state index contributed by atoms with van der Waals surface area (Å²) < 4.78 is 30.9. The maximum Gasteiger partial charge on any atom is 0.248 e. The summed E-state index contributed by atoms with van der Waals surface area (Å²) in [6, 6.07) is 16.8. The maximum absolute atomic E-state index is 13.5. The minimum Gasteiger partial charge on any atom is -0.487 e. The number of hydrogen-bond acceptors (Lipinski definition) is 9. The van der Waals surface area contributed by atoms with Crippen LogP contribution in [0, 0.1) is 17.1 Å². The van der Waals surface area contributed by atoms with E-state index in [2.05, 4.69) is 27.1 Å². The van der Waals surface area contributed by atoms with E-state index in [1.165, 1.54) is 24.4 Å². The first-order valence-corrected chi connectivity index (χ1v) is 13.8. The van der Waals surface area contributed by atoms with Crippen LogP contribution in [0.4, 0.5) is 21.5 Å². The highest BCUT2D eigenvalue weighted by molar-refractivity contribution is 6.32. The van der Waals surface area contributed by atoms with Crippen molar-refractivity contribution >= 4 is 45.5 Å². The number of pyridine rings is 1. The number of anilines is 3.